The van der Waals surface area contributed by atoms with Gasteiger partial charge in [0.25, 0.3) is 0 Å². The molecular weight excluding hydrogens is 252 g/mol. The van der Waals surface area contributed by atoms with Crippen molar-refractivity contribution in [3.05, 3.63) is 17.0 Å². The molecular formula is C15H22N4O. The molecule has 1 unspecified atom stereocenters. The second-order valence-electron chi connectivity index (χ2n) is 6.52. The molecule has 0 bridgehead atoms. The van der Waals surface area contributed by atoms with Crippen molar-refractivity contribution in [1.29, 1.82) is 0 Å². The first-order valence-electron chi connectivity index (χ1n) is 7.84. The van der Waals surface area contributed by atoms with E-state index < -0.39 is 0 Å². The van der Waals surface area contributed by atoms with Gasteiger partial charge in [0.15, 0.2) is 0 Å². The summed E-state index contributed by atoms with van der Waals surface area (Å²) in [5, 5.41) is 10.7. The maximum absolute atomic E-state index is 11.3. The number of amides is 1. The van der Waals surface area contributed by atoms with E-state index >= 15 is 0 Å². The van der Waals surface area contributed by atoms with Crippen LogP contribution in [-0.2, 0) is 17.6 Å². The van der Waals surface area contributed by atoms with Gasteiger partial charge in [-0.2, -0.15) is 5.10 Å². The van der Waals surface area contributed by atoms with Crippen molar-refractivity contribution in [2.45, 2.75) is 38.0 Å². The van der Waals surface area contributed by atoms with Crippen LogP contribution in [0.15, 0.2) is 0 Å². The first-order chi connectivity index (χ1) is 9.79. The predicted molar refractivity (Wildman–Crippen MR) is 75.5 cm³/mol. The topological polar surface area (TPSA) is 61.0 Å². The Bertz CT molecular complexity index is 520. The average molecular weight is 274 g/mol. The second kappa shape index (κ2) is 4.88. The molecule has 0 aromatic carbocycles. The number of rotatable bonds is 3. The Morgan fingerprint density at radius 2 is 2.10 bits per heavy atom. The van der Waals surface area contributed by atoms with Crippen molar-refractivity contribution in [2.75, 3.05) is 26.2 Å². The fourth-order valence-electron chi connectivity index (χ4n) is 3.59. The SMILES string of the molecule is O=C1CC(CN2CCc3[nH]nc(C4CC4)c3CC2)CN1. The van der Waals surface area contributed by atoms with Crippen molar-refractivity contribution in [3.8, 4) is 0 Å². The first-order valence-corrected chi connectivity index (χ1v) is 7.84. The summed E-state index contributed by atoms with van der Waals surface area (Å²) in [4.78, 5) is 13.8. The monoisotopic (exact) mass is 274 g/mol. The Morgan fingerprint density at radius 3 is 2.85 bits per heavy atom. The Hall–Kier alpha value is -1.36. The molecule has 2 aliphatic heterocycles. The molecule has 0 spiro atoms. The van der Waals surface area contributed by atoms with Gasteiger partial charge in [-0.15, -0.1) is 0 Å². The molecule has 4 rings (SSSR count). The van der Waals surface area contributed by atoms with Crippen LogP contribution < -0.4 is 5.32 Å². The molecule has 108 valence electrons. The molecule has 2 N–H and O–H groups in total. The van der Waals surface area contributed by atoms with Gasteiger partial charge in [-0.1, -0.05) is 0 Å². The van der Waals surface area contributed by atoms with Crippen LogP contribution in [0.2, 0.25) is 0 Å². The van der Waals surface area contributed by atoms with Crippen LogP contribution in [0, 0.1) is 5.92 Å². The van der Waals surface area contributed by atoms with Crippen LogP contribution in [0.25, 0.3) is 0 Å². The molecule has 1 saturated carbocycles. The summed E-state index contributed by atoms with van der Waals surface area (Å²) in [6, 6.07) is 0. The quantitative estimate of drug-likeness (QED) is 0.858. The lowest BCUT2D eigenvalue weighted by Gasteiger charge is -2.22. The predicted octanol–water partition coefficient (Wildman–Crippen LogP) is 0.824. The van der Waals surface area contributed by atoms with Crippen LogP contribution in [0.3, 0.4) is 0 Å². The lowest BCUT2D eigenvalue weighted by molar-refractivity contribution is -0.119. The van der Waals surface area contributed by atoms with E-state index in [4.69, 9.17) is 0 Å². The Morgan fingerprint density at radius 1 is 1.25 bits per heavy atom. The van der Waals surface area contributed by atoms with Crippen LogP contribution in [0.1, 0.15) is 42.1 Å². The van der Waals surface area contributed by atoms with Crippen molar-refractivity contribution in [1.82, 2.24) is 20.4 Å². The van der Waals surface area contributed by atoms with Gasteiger partial charge in [0.2, 0.25) is 5.91 Å². The van der Waals surface area contributed by atoms with Gasteiger partial charge < -0.3 is 10.2 Å². The molecule has 2 fully saturated rings. The maximum atomic E-state index is 11.3. The number of fused-ring (bicyclic) bond motifs is 1. The first kappa shape index (κ1) is 12.4. The molecule has 3 aliphatic rings. The summed E-state index contributed by atoms with van der Waals surface area (Å²) in [7, 11) is 0. The molecule has 1 atom stereocenters. The van der Waals surface area contributed by atoms with Crippen molar-refractivity contribution in [3.63, 3.8) is 0 Å². The summed E-state index contributed by atoms with van der Waals surface area (Å²) < 4.78 is 0. The molecule has 0 radical (unpaired) electrons. The summed E-state index contributed by atoms with van der Waals surface area (Å²) in [5.74, 6) is 1.45. The summed E-state index contributed by atoms with van der Waals surface area (Å²) in [6.45, 7) is 4.10. The highest BCUT2D eigenvalue weighted by Gasteiger charge is 2.31. The maximum Gasteiger partial charge on any atom is 0.220 e. The average Bonchev–Trinajstić information content (AvgIpc) is 3.13. The minimum absolute atomic E-state index is 0.218. The lowest BCUT2D eigenvalue weighted by atomic mass is 10.1. The third-order valence-corrected chi connectivity index (χ3v) is 4.88. The third-order valence-electron chi connectivity index (χ3n) is 4.88. The van der Waals surface area contributed by atoms with Gasteiger partial charge in [-0.05, 0) is 30.7 Å². The van der Waals surface area contributed by atoms with Crippen molar-refractivity contribution < 1.29 is 4.79 Å². The van der Waals surface area contributed by atoms with Gasteiger partial charge in [-0.3, -0.25) is 9.89 Å². The number of H-pyrrole nitrogens is 1. The number of nitrogens with one attached hydrogen (secondary N) is 2. The van der Waals surface area contributed by atoms with Gasteiger partial charge in [-0.25, -0.2) is 0 Å². The second-order valence-corrected chi connectivity index (χ2v) is 6.52. The number of hydrogen-bond acceptors (Lipinski definition) is 3. The van der Waals surface area contributed by atoms with E-state index in [0.717, 1.165) is 44.9 Å². The van der Waals surface area contributed by atoms with Crippen LogP contribution in [0.4, 0.5) is 0 Å². The summed E-state index contributed by atoms with van der Waals surface area (Å²) in [6.07, 6.45) is 5.53. The standard InChI is InChI=1S/C15H22N4O/c20-14-7-10(8-16-14)9-19-5-3-12-13(4-6-19)17-18-15(12)11-1-2-11/h10-11H,1-9H2,(H,16,20)(H,17,18). The molecule has 1 amide bonds. The number of carbonyl (C=O) groups is 1. The molecule has 20 heavy (non-hydrogen) atoms. The van der Waals surface area contributed by atoms with Crippen LogP contribution in [-0.4, -0.2) is 47.2 Å². The normalized spacial score (nSPS) is 27.2. The van der Waals surface area contributed by atoms with Gasteiger partial charge in [0.05, 0.1) is 5.69 Å². The highest BCUT2D eigenvalue weighted by Crippen LogP contribution is 2.41. The fourth-order valence-corrected chi connectivity index (χ4v) is 3.59. The zero-order valence-electron chi connectivity index (χ0n) is 11.8. The molecule has 1 aliphatic carbocycles. The smallest absolute Gasteiger partial charge is 0.220 e. The number of aromatic nitrogens is 2. The van der Waals surface area contributed by atoms with Gasteiger partial charge in [0, 0.05) is 50.6 Å². The highest BCUT2D eigenvalue weighted by atomic mass is 16.1. The van der Waals surface area contributed by atoms with Gasteiger partial charge >= 0.3 is 0 Å². The van der Waals surface area contributed by atoms with E-state index in [9.17, 15) is 4.79 Å². The number of nitrogens with zero attached hydrogens (tertiary/aromatic N) is 2. The molecule has 5 heteroatoms. The highest BCUT2D eigenvalue weighted by molar-refractivity contribution is 5.78. The molecule has 1 aromatic rings. The lowest BCUT2D eigenvalue weighted by Crippen LogP contribution is -2.32. The van der Waals surface area contributed by atoms with E-state index in [0.29, 0.717) is 12.3 Å². The molecule has 1 aromatic heterocycles. The van der Waals surface area contributed by atoms with E-state index in [1.807, 2.05) is 0 Å². The van der Waals surface area contributed by atoms with E-state index in [1.165, 1.54) is 29.8 Å². The Balaban J connectivity index is 1.40. The number of aromatic amines is 1. The third kappa shape index (κ3) is 2.35. The number of carbonyl (C=O) groups excluding carboxylic acids is 1. The van der Waals surface area contributed by atoms with E-state index in [1.54, 1.807) is 0 Å². The van der Waals surface area contributed by atoms with Crippen LogP contribution >= 0.6 is 0 Å². The summed E-state index contributed by atoms with van der Waals surface area (Å²) in [5.41, 5.74) is 4.20. The van der Waals surface area contributed by atoms with Crippen molar-refractivity contribution >= 4 is 5.91 Å². The molecule has 3 heterocycles. The molecule has 5 nitrogen and oxygen atoms in total. The van der Waals surface area contributed by atoms with E-state index in [2.05, 4.69) is 20.4 Å². The minimum atomic E-state index is 0.218. The fraction of sp³-hybridized carbons (Fsp3) is 0.733. The Labute approximate surface area is 119 Å². The molecule has 1 saturated heterocycles. The van der Waals surface area contributed by atoms with Gasteiger partial charge in [0.1, 0.15) is 0 Å². The number of hydrogen-bond donors (Lipinski definition) is 2. The van der Waals surface area contributed by atoms with Crippen LogP contribution in [0.5, 0.6) is 0 Å². The zero-order chi connectivity index (χ0) is 13.5. The Kier molecular flexibility index (Phi) is 3.02. The largest absolute Gasteiger partial charge is 0.356 e. The summed E-state index contributed by atoms with van der Waals surface area (Å²) >= 11 is 0. The zero-order valence-corrected chi connectivity index (χ0v) is 11.8. The van der Waals surface area contributed by atoms with Crippen molar-refractivity contribution in [2.24, 2.45) is 5.92 Å². The van der Waals surface area contributed by atoms with E-state index in [-0.39, 0.29) is 5.91 Å². The minimum Gasteiger partial charge on any atom is -0.356 e.